The van der Waals surface area contributed by atoms with E-state index < -0.39 is 0 Å². The maximum absolute atomic E-state index is 9.02. The Balaban J connectivity index is 1.85. The van der Waals surface area contributed by atoms with E-state index in [1.165, 1.54) is 0 Å². The summed E-state index contributed by atoms with van der Waals surface area (Å²) in [5.41, 5.74) is 1.81. The van der Waals surface area contributed by atoms with Gasteiger partial charge in [0.25, 0.3) is 0 Å². The first-order valence-electron chi connectivity index (χ1n) is 5.76. The van der Waals surface area contributed by atoms with Gasteiger partial charge in [0.1, 0.15) is 6.07 Å². The van der Waals surface area contributed by atoms with Crippen molar-refractivity contribution in [3.05, 3.63) is 29.8 Å². The minimum absolute atomic E-state index is 0.542. The Morgan fingerprint density at radius 3 is 2.82 bits per heavy atom. The van der Waals surface area contributed by atoms with Crippen molar-refractivity contribution in [3.63, 3.8) is 0 Å². The van der Waals surface area contributed by atoms with E-state index in [-0.39, 0.29) is 0 Å². The molecule has 1 atom stereocenters. The van der Waals surface area contributed by atoms with Gasteiger partial charge in [0.15, 0.2) is 0 Å². The van der Waals surface area contributed by atoms with E-state index in [9.17, 15) is 0 Å². The van der Waals surface area contributed by atoms with Gasteiger partial charge in [-0.25, -0.2) is 0 Å². The summed E-state index contributed by atoms with van der Waals surface area (Å²) in [6, 6.07) is 10.5. The van der Waals surface area contributed by atoms with Crippen LogP contribution in [0.3, 0.4) is 0 Å². The zero-order valence-corrected chi connectivity index (χ0v) is 10.8. The molecule has 0 amide bonds. The van der Waals surface area contributed by atoms with Gasteiger partial charge in [0, 0.05) is 32.2 Å². The van der Waals surface area contributed by atoms with Crippen molar-refractivity contribution in [1.29, 1.82) is 5.26 Å². The lowest BCUT2D eigenvalue weighted by Crippen LogP contribution is -2.59. The minimum Gasteiger partial charge on any atom is -0.367 e. The quantitative estimate of drug-likeness (QED) is 0.595. The van der Waals surface area contributed by atoms with Gasteiger partial charge < -0.3 is 10.2 Å². The molecular weight excluding hydrogens is 231 g/mol. The molecule has 4 nitrogen and oxygen atoms in total. The van der Waals surface area contributed by atoms with Crippen LogP contribution < -0.4 is 15.3 Å². The van der Waals surface area contributed by atoms with Gasteiger partial charge in [-0.15, -0.1) is 0 Å². The fourth-order valence-electron chi connectivity index (χ4n) is 2.00. The molecule has 0 bridgehead atoms. The third kappa shape index (κ3) is 2.95. The average molecular weight is 248 g/mol. The second-order valence-electron chi connectivity index (χ2n) is 4.14. The molecule has 1 saturated heterocycles. The van der Waals surface area contributed by atoms with Crippen LogP contribution in [0.15, 0.2) is 24.3 Å². The minimum atomic E-state index is 0.542. The molecule has 0 aliphatic carbocycles. The Hall–Kier alpha value is -1.14. The molecule has 1 unspecified atom stereocenters. The van der Waals surface area contributed by atoms with Crippen molar-refractivity contribution in [2.24, 2.45) is 0 Å². The van der Waals surface area contributed by atoms with Crippen LogP contribution in [0, 0.1) is 11.3 Å². The van der Waals surface area contributed by atoms with Gasteiger partial charge >= 0.3 is 0 Å². The van der Waals surface area contributed by atoms with Crippen LogP contribution in [0.2, 0.25) is 0 Å². The Morgan fingerprint density at radius 1 is 1.35 bits per heavy atom. The molecule has 17 heavy (non-hydrogen) atoms. The first-order valence-corrected chi connectivity index (χ1v) is 6.34. The zero-order valence-electron chi connectivity index (χ0n) is 9.69. The maximum Gasteiger partial charge on any atom is 0.101 e. The fraction of sp³-hybridized carbons (Fsp3) is 0.417. The van der Waals surface area contributed by atoms with E-state index in [1.54, 1.807) is 0 Å². The number of anilines is 1. The van der Waals surface area contributed by atoms with Crippen molar-refractivity contribution in [2.45, 2.75) is 6.04 Å². The van der Waals surface area contributed by atoms with Crippen LogP contribution in [-0.4, -0.2) is 32.2 Å². The van der Waals surface area contributed by atoms with Crippen LogP contribution >= 0.6 is 9.39 Å². The standard InChI is InChI=1S/C12H17N4P/c13-7-10-3-1-2-4-12(10)16-8-11(9-16)14-5-6-15-17/h1-4,11,14-15H,5-6,8-9,17H2. The molecule has 2 N–H and O–H groups in total. The number of nitriles is 1. The van der Waals surface area contributed by atoms with E-state index in [1.807, 2.05) is 24.3 Å². The van der Waals surface area contributed by atoms with Crippen molar-refractivity contribution >= 4 is 15.1 Å². The molecule has 0 spiro atoms. The van der Waals surface area contributed by atoms with E-state index in [4.69, 9.17) is 5.26 Å². The third-order valence-corrected chi connectivity index (χ3v) is 3.24. The van der Waals surface area contributed by atoms with Crippen molar-refractivity contribution in [2.75, 3.05) is 31.1 Å². The SMILES string of the molecule is N#Cc1ccccc1N1CC(NCCNP)C1. The summed E-state index contributed by atoms with van der Waals surface area (Å²) in [5, 5.41) is 15.5. The monoisotopic (exact) mass is 248 g/mol. The van der Waals surface area contributed by atoms with Crippen LogP contribution in [0.25, 0.3) is 0 Å². The predicted molar refractivity (Wildman–Crippen MR) is 72.9 cm³/mol. The molecule has 90 valence electrons. The Labute approximate surface area is 104 Å². The normalized spacial score (nSPS) is 15.4. The summed E-state index contributed by atoms with van der Waals surface area (Å²) in [5.74, 6) is 0. The summed E-state index contributed by atoms with van der Waals surface area (Å²) in [6.07, 6.45) is 0. The first-order chi connectivity index (χ1) is 8.35. The van der Waals surface area contributed by atoms with Gasteiger partial charge in [-0.2, -0.15) is 5.26 Å². The Bertz CT molecular complexity index is 409. The van der Waals surface area contributed by atoms with Crippen molar-refractivity contribution < 1.29 is 0 Å². The van der Waals surface area contributed by atoms with Crippen LogP contribution in [0.4, 0.5) is 5.69 Å². The Kier molecular flexibility index (Phi) is 4.33. The van der Waals surface area contributed by atoms with Gasteiger partial charge in [-0.1, -0.05) is 21.5 Å². The highest BCUT2D eigenvalue weighted by atomic mass is 31.0. The van der Waals surface area contributed by atoms with E-state index >= 15 is 0 Å². The molecule has 1 aromatic rings. The molecule has 0 saturated carbocycles. The summed E-state index contributed by atoms with van der Waals surface area (Å²) in [4.78, 5) is 2.24. The lowest BCUT2D eigenvalue weighted by atomic mass is 10.1. The van der Waals surface area contributed by atoms with Crippen molar-refractivity contribution in [3.8, 4) is 6.07 Å². The van der Waals surface area contributed by atoms with Crippen LogP contribution in [0.1, 0.15) is 5.56 Å². The molecule has 1 aromatic carbocycles. The zero-order chi connectivity index (χ0) is 12.1. The number of para-hydroxylation sites is 1. The lowest BCUT2D eigenvalue weighted by Gasteiger charge is -2.41. The van der Waals surface area contributed by atoms with E-state index in [0.717, 1.165) is 37.4 Å². The highest BCUT2D eigenvalue weighted by molar-refractivity contribution is 7.13. The number of nitrogens with one attached hydrogen (secondary N) is 2. The molecule has 1 aliphatic heterocycles. The number of rotatable bonds is 5. The summed E-state index contributed by atoms with van der Waals surface area (Å²) in [7, 11) is 2.50. The third-order valence-electron chi connectivity index (χ3n) is 2.95. The van der Waals surface area contributed by atoms with Gasteiger partial charge in [-0.3, -0.25) is 5.09 Å². The molecule has 0 radical (unpaired) electrons. The highest BCUT2D eigenvalue weighted by Crippen LogP contribution is 2.24. The molecule has 1 fully saturated rings. The molecule has 5 heteroatoms. The van der Waals surface area contributed by atoms with Crippen molar-refractivity contribution in [1.82, 2.24) is 10.4 Å². The van der Waals surface area contributed by atoms with Crippen LogP contribution in [0.5, 0.6) is 0 Å². The second kappa shape index (κ2) is 5.97. The molecule has 0 aromatic heterocycles. The molecule has 1 aliphatic rings. The maximum atomic E-state index is 9.02. The van der Waals surface area contributed by atoms with Crippen LogP contribution in [-0.2, 0) is 0 Å². The number of nitrogens with zero attached hydrogens (tertiary/aromatic N) is 2. The lowest BCUT2D eigenvalue weighted by molar-refractivity contribution is 0.423. The smallest absolute Gasteiger partial charge is 0.101 e. The summed E-state index contributed by atoms with van der Waals surface area (Å²) in [6.45, 7) is 3.89. The van der Waals surface area contributed by atoms with Gasteiger partial charge in [-0.05, 0) is 12.1 Å². The number of hydrogen-bond donors (Lipinski definition) is 2. The Morgan fingerprint density at radius 2 is 2.12 bits per heavy atom. The predicted octanol–water partition coefficient (Wildman–Crippen LogP) is 0.716. The average Bonchev–Trinajstić information content (AvgIpc) is 2.32. The largest absolute Gasteiger partial charge is 0.367 e. The second-order valence-corrected chi connectivity index (χ2v) is 4.55. The molecule has 1 heterocycles. The van der Waals surface area contributed by atoms with E-state index in [0.29, 0.717) is 6.04 Å². The van der Waals surface area contributed by atoms with E-state index in [2.05, 4.69) is 30.8 Å². The molecular formula is C12H17N4P. The van der Waals surface area contributed by atoms with Gasteiger partial charge in [0.05, 0.1) is 11.3 Å². The highest BCUT2D eigenvalue weighted by Gasteiger charge is 2.27. The number of hydrogen-bond acceptors (Lipinski definition) is 4. The fourth-order valence-corrected chi connectivity index (χ4v) is 2.14. The topological polar surface area (TPSA) is 51.1 Å². The number of benzene rings is 1. The summed E-state index contributed by atoms with van der Waals surface area (Å²) < 4.78 is 0. The van der Waals surface area contributed by atoms with Gasteiger partial charge in [0.2, 0.25) is 0 Å². The first kappa shape index (κ1) is 12.3. The molecule has 2 rings (SSSR count). The summed E-state index contributed by atoms with van der Waals surface area (Å²) >= 11 is 0.